The zero-order valence-corrected chi connectivity index (χ0v) is 35.1. The van der Waals surface area contributed by atoms with E-state index >= 15 is 0 Å². The molecule has 0 radical (unpaired) electrons. The van der Waals surface area contributed by atoms with Gasteiger partial charge in [0.15, 0.2) is 0 Å². The second-order valence-corrected chi connectivity index (χ2v) is 14.2. The summed E-state index contributed by atoms with van der Waals surface area (Å²) in [5, 5.41) is 0. The second kappa shape index (κ2) is 33.1. The molecule has 0 saturated heterocycles. The van der Waals surface area contributed by atoms with Crippen molar-refractivity contribution in [2.24, 2.45) is 0 Å². The SMILES string of the molecule is C/C=C/CCCCCCCCCCCCCOC(=O)c1cccc(S(=O)(=O)[O-])c1C(=O)OCCCCCCCCCCCCC/C=C/C.[K+]. The molecular weight excluding hydrogens is 664 g/mol. The van der Waals surface area contributed by atoms with Crippen LogP contribution >= 0.6 is 0 Å². The van der Waals surface area contributed by atoms with Crippen molar-refractivity contribution in [3.05, 3.63) is 53.6 Å². The molecule has 0 N–H and O–H groups in total. The number of esters is 2. The molecule has 9 heteroatoms. The summed E-state index contributed by atoms with van der Waals surface area (Å²) in [7, 11) is -5.01. The van der Waals surface area contributed by atoms with Gasteiger partial charge in [0, 0.05) is 0 Å². The molecule has 0 fully saturated rings. The van der Waals surface area contributed by atoms with E-state index in [2.05, 4.69) is 38.2 Å². The molecule has 0 aliphatic rings. The summed E-state index contributed by atoms with van der Waals surface area (Å²) in [6.07, 6.45) is 36.3. The average Bonchev–Trinajstić information content (AvgIpc) is 3.07. The standard InChI is InChI=1S/C40H66O7S.K/c1-3-5-7-9-11-13-15-17-19-21-23-25-27-29-34-46-39(41)36-32-31-33-37(48(43,44)45)38(36)40(42)47-35-30-28-26-24-22-20-18-16-14-12-10-8-6-4-2;/h3-6,31-33H,7-30,34-35H2,1-2H3,(H,43,44,45);/q;+1/p-1/b5-3+,6-4+;. The number of benzene rings is 1. The van der Waals surface area contributed by atoms with E-state index in [0.717, 1.165) is 44.6 Å². The van der Waals surface area contributed by atoms with Gasteiger partial charge in [-0.15, -0.1) is 0 Å². The molecule has 49 heavy (non-hydrogen) atoms. The maximum absolute atomic E-state index is 12.9. The van der Waals surface area contributed by atoms with Gasteiger partial charge in [-0.25, -0.2) is 18.0 Å². The van der Waals surface area contributed by atoms with Crippen LogP contribution in [0.2, 0.25) is 0 Å². The summed E-state index contributed by atoms with van der Waals surface area (Å²) in [5.74, 6) is -1.82. The third-order valence-corrected chi connectivity index (χ3v) is 9.57. The predicted octanol–water partition coefficient (Wildman–Crippen LogP) is 8.42. The number of ether oxygens (including phenoxy) is 2. The van der Waals surface area contributed by atoms with Gasteiger partial charge in [0.2, 0.25) is 0 Å². The van der Waals surface area contributed by atoms with Gasteiger partial charge >= 0.3 is 63.3 Å². The summed E-state index contributed by atoms with van der Waals surface area (Å²) in [6, 6.07) is 3.61. The van der Waals surface area contributed by atoms with Gasteiger partial charge in [0.05, 0.1) is 29.2 Å². The number of allylic oxidation sites excluding steroid dienone is 4. The van der Waals surface area contributed by atoms with E-state index in [1.54, 1.807) is 0 Å². The molecule has 0 aliphatic carbocycles. The Morgan fingerprint density at radius 1 is 0.571 bits per heavy atom. The van der Waals surface area contributed by atoms with Crippen LogP contribution in [0.3, 0.4) is 0 Å². The van der Waals surface area contributed by atoms with Gasteiger partial charge in [0.25, 0.3) is 0 Å². The molecule has 274 valence electrons. The van der Waals surface area contributed by atoms with Crippen LogP contribution in [0.25, 0.3) is 0 Å². The molecular formula is C40H65KO7S. The molecule has 1 rings (SSSR count). The maximum atomic E-state index is 12.9. The Morgan fingerprint density at radius 2 is 0.918 bits per heavy atom. The summed E-state index contributed by atoms with van der Waals surface area (Å²) in [5.41, 5.74) is -0.784. The van der Waals surface area contributed by atoms with Crippen LogP contribution in [0.1, 0.15) is 189 Å². The Kier molecular flexibility index (Phi) is 32.5. The molecule has 0 atom stereocenters. The van der Waals surface area contributed by atoms with Gasteiger partial charge in [-0.1, -0.05) is 146 Å². The minimum atomic E-state index is -5.01. The van der Waals surface area contributed by atoms with Crippen molar-refractivity contribution in [1.29, 1.82) is 0 Å². The zero-order chi connectivity index (χ0) is 35.1. The molecule has 0 aliphatic heterocycles. The Morgan fingerprint density at radius 3 is 1.29 bits per heavy atom. The number of carbonyl (C=O) groups excluding carboxylic acids is 2. The Balaban J connectivity index is 0.0000230. The Labute approximate surface area is 342 Å². The van der Waals surface area contributed by atoms with Crippen LogP contribution in [-0.4, -0.2) is 38.1 Å². The number of carbonyl (C=O) groups is 2. The van der Waals surface area contributed by atoms with Crippen LogP contribution in [0, 0.1) is 0 Å². The van der Waals surface area contributed by atoms with E-state index in [1.165, 1.54) is 115 Å². The molecule has 7 nitrogen and oxygen atoms in total. The number of rotatable bonds is 31. The molecule has 0 saturated carbocycles. The topological polar surface area (TPSA) is 110 Å². The smallest absolute Gasteiger partial charge is 0.744 e. The van der Waals surface area contributed by atoms with Crippen molar-refractivity contribution < 1.29 is 83.4 Å². The fraction of sp³-hybridized carbons (Fsp3) is 0.700. The molecule has 0 spiro atoms. The van der Waals surface area contributed by atoms with Gasteiger partial charge in [-0.2, -0.15) is 0 Å². The first-order valence-corrected chi connectivity index (χ1v) is 20.4. The Bertz CT molecular complexity index is 1150. The normalized spacial score (nSPS) is 11.7. The van der Waals surface area contributed by atoms with Gasteiger partial charge in [-0.05, 0) is 64.5 Å². The number of unbranched alkanes of at least 4 members (excludes halogenated alkanes) is 22. The van der Waals surface area contributed by atoms with Crippen molar-refractivity contribution in [1.82, 2.24) is 0 Å². The molecule has 1 aromatic carbocycles. The van der Waals surface area contributed by atoms with Crippen LogP contribution in [-0.2, 0) is 19.6 Å². The summed E-state index contributed by atoms with van der Waals surface area (Å²) >= 11 is 0. The monoisotopic (exact) mass is 728 g/mol. The molecule has 0 aromatic heterocycles. The zero-order valence-electron chi connectivity index (χ0n) is 31.2. The maximum Gasteiger partial charge on any atom is 1.00 e. The summed E-state index contributed by atoms with van der Waals surface area (Å²) in [6.45, 7) is 4.38. The van der Waals surface area contributed by atoms with Gasteiger partial charge in [-0.3, -0.25) is 0 Å². The fourth-order valence-electron chi connectivity index (χ4n) is 5.84. The van der Waals surface area contributed by atoms with E-state index < -0.39 is 32.5 Å². The fourth-order valence-corrected chi connectivity index (χ4v) is 6.53. The van der Waals surface area contributed by atoms with Crippen molar-refractivity contribution in [2.45, 2.75) is 173 Å². The van der Waals surface area contributed by atoms with Crippen molar-refractivity contribution >= 4 is 22.1 Å². The second-order valence-electron chi connectivity index (χ2n) is 12.9. The minimum absolute atomic E-state index is 0. The van der Waals surface area contributed by atoms with Crippen LogP contribution in [0.4, 0.5) is 0 Å². The first kappa shape index (κ1) is 48.2. The quantitative estimate of drug-likeness (QED) is 0.0248. The molecule has 0 bridgehead atoms. The molecule has 0 unspecified atom stereocenters. The first-order chi connectivity index (χ1) is 23.3. The average molecular weight is 729 g/mol. The number of hydrogen-bond acceptors (Lipinski definition) is 7. The van der Waals surface area contributed by atoms with E-state index in [9.17, 15) is 22.6 Å². The molecule has 0 heterocycles. The number of hydrogen-bond donors (Lipinski definition) is 0. The van der Waals surface area contributed by atoms with Crippen LogP contribution in [0.15, 0.2) is 47.4 Å². The van der Waals surface area contributed by atoms with Crippen LogP contribution < -0.4 is 51.4 Å². The molecule has 0 amide bonds. The van der Waals surface area contributed by atoms with E-state index in [4.69, 9.17) is 9.47 Å². The van der Waals surface area contributed by atoms with Gasteiger partial charge < -0.3 is 14.0 Å². The van der Waals surface area contributed by atoms with Crippen LogP contribution in [0.5, 0.6) is 0 Å². The summed E-state index contributed by atoms with van der Waals surface area (Å²) < 4.78 is 46.5. The molecule has 1 aromatic rings. The van der Waals surface area contributed by atoms with E-state index in [0.29, 0.717) is 12.8 Å². The van der Waals surface area contributed by atoms with E-state index in [1.807, 2.05) is 0 Å². The van der Waals surface area contributed by atoms with E-state index in [-0.39, 0.29) is 70.2 Å². The Hall–Kier alpha value is -0.814. The first-order valence-electron chi connectivity index (χ1n) is 19.0. The largest absolute Gasteiger partial charge is 1.00 e. The van der Waals surface area contributed by atoms with Crippen molar-refractivity contribution in [3.8, 4) is 0 Å². The van der Waals surface area contributed by atoms with Crippen molar-refractivity contribution in [2.75, 3.05) is 13.2 Å². The predicted molar refractivity (Wildman–Crippen MR) is 195 cm³/mol. The van der Waals surface area contributed by atoms with Gasteiger partial charge in [0.1, 0.15) is 10.1 Å². The third kappa shape index (κ3) is 25.7. The summed E-state index contributed by atoms with van der Waals surface area (Å²) in [4.78, 5) is 25.1. The third-order valence-electron chi connectivity index (χ3n) is 8.69. The van der Waals surface area contributed by atoms with Crippen molar-refractivity contribution in [3.63, 3.8) is 0 Å². The minimum Gasteiger partial charge on any atom is -0.744 e.